The minimum Gasteiger partial charge on any atom is -0.492 e. The molecule has 5 nitrogen and oxygen atoms in total. The van der Waals surface area contributed by atoms with Gasteiger partial charge in [0.15, 0.2) is 17.6 Å². The molecule has 0 saturated heterocycles. The van der Waals surface area contributed by atoms with Crippen LogP contribution in [0.15, 0.2) is 23.2 Å². The Morgan fingerprint density at radius 2 is 2.04 bits per heavy atom. The van der Waals surface area contributed by atoms with Gasteiger partial charge in [0.1, 0.15) is 12.4 Å². The Hall–Kier alpha value is -1.89. The maximum absolute atomic E-state index is 13.1. The van der Waals surface area contributed by atoms with Crippen LogP contribution in [0.4, 0.5) is 8.78 Å². The highest BCUT2D eigenvalue weighted by Crippen LogP contribution is 2.28. The fourth-order valence-corrected chi connectivity index (χ4v) is 2.14. The topological polar surface area (TPSA) is 54.9 Å². The van der Waals surface area contributed by atoms with Crippen molar-refractivity contribution in [2.24, 2.45) is 10.9 Å². The van der Waals surface area contributed by atoms with Crippen LogP contribution in [0.2, 0.25) is 0 Å². The van der Waals surface area contributed by atoms with Crippen LogP contribution in [-0.2, 0) is 4.74 Å². The van der Waals surface area contributed by atoms with Crippen molar-refractivity contribution >= 4 is 5.96 Å². The van der Waals surface area contributed by atoms with E-state index in [0.29, 0.717) is 31.4 Å². The van der Waals surface area contributed by atoms with E-state index in [1.807, 2.05) is 6.92 Å². The van der Waals surface area contributed by atoms with E-state index in [4.69, 9.17) is 9.47 Å². The lowest BCUT2D eigenvalue weighted by Gasteiger charge is -2.12. The van der Waals surface area contributed by atoms with Crippen LogP contribution in [0, 0.1) is 17.6 Å². The molecule has 1 saturated carbocycles. The lowest BCUT2D eigenvalue weighted by atomic mass is 10.3. The Kier molecular flexibility index (Phi) is 8.45. The van der Waals surface area contributed by atoms with Gasteiger partial charge >= 0.3 is 0 Å². The molecule has 0 radical (unpaired) electrons. The number of ether oxygens (including phenoxy) is 2. The molecule has 7 heteroatoms. The lowest BCUT2D eigenvalue weighted by molar-refractivity contribution is 0.123. The number of hydrogen-bond acceptors (Lipinski definition) is 3. The van der Waals surface area contributed by atoms with Gasteiger partial charge in [-0.25, -0.2) is 8.78 Å². The van der Waals surface area contributed by atoms with E-state index in [2.05, 4.69) is 15.6 Å². The van der Waals surface area contributed by atoms with E-state index in [9.17, 15) is 8.78 Å². The second-order valence-electron chi connectivity index (χ2n) is 5.98. The minimum absolute atomic E-state index is 0.301. The van der Waals surface area contributed by atoms with Gasteiger partial charge < -0.3 is 20.1 Å². The van der Waals surface area contributed by atoms with Crippen molar-refractivity contribution in [3.63, 3.8) is 0 Å². The Morgan fingerprint density at radius 1 is 1.20 bits per heavy atom. The number of nitrogens with zero attached hydrogens (tertiary/aromatic N) is 1. The standard InChI is InChI=1S/C18H27F2N3O2/c1-2-21-18(22-8-3-10-24-13-14-4-5-14)23-9-11-25-15-6-7-16(19)17(20)12-15/h6-7,12,14H,2-5,8-11,13H2,1H3,(H2,21,22,23). The molecule has 0 bridgehead atoms. The molecule has 140 valence electrons. The van der Waals surface area contributed by atoms with E-state index in [-0.39, 0.29) is 0 Å². The molecular formula is C18H27F2N3O2. The number of aliphatic imine (C=N–C) groups is 1. The number of hydrogen-bond donors (Lipinski definition) is 2. The normalized spacial score (nSPS) is 14.4. The molecule has 2 N–H and O–H groups in total. The summed E-state index contributed by atoms with van der Waals surface area (Å²) in [6, 6.07) is 3.49. The number of guanidine groups is 1. The third-order valence-corrected chi connectivity index (χ3v) is 3.67. The second kappa shape index (κ2) is 10.9. The number of halogens is 2. The summed E-state index contributed by atoms with van der Waals surface area (Å²) in [7, 11) is 0. The smallest absolute Gasteiger partial charge is 0.191 e. The highest BCUT2D eigenvalue weighted by molar-refractivity contribution is 5.79. The Labute approximate surface area is 147 Å². The summed E-state index contributed by atoms with van der Waals surface area (Å²) in [6.45, 7) is 5.87. The summed E-state index contributed by atoms with van der Waals surface area (Å²) < 4.78 is 36.9. The van der Waals surface area contributed by atoms with Gasteiger partial charge in [-0.3, -0.25) is 4.99 Å². The molecule has 25 heavy (non-hydrogen) atoms. The lowest BCUT2D eigenvalue weighted by Crippen LogP contribution is -2.39. The van der Waals surface area contributed by atoms with Crippen molar-refractivity contribution in [3.8, 4) is 5.75 Å². The first kappa shape index (κ1) is 19.4. The van der Waals surface area contributed by atoms with Gasteiger partial charge in [0.05, 0.1) is 6.54 Å². The molecule has 0 unspecified atom stereocenters. The fraction of sp³-hybridized carbons (Fsp3) is 0.611. The number of rotatable bonds is 11. The fourth-order valence-electron chi connectivity index (χ4n) is 2.14. The first-order valence-electron chi connectivity index (χ1n) is 8.86. The molecule has 1 fully saturated rings. The summed E-state index contributed by atoms with van der Waals surface area (Å²) in [4.78, 5) is 4.47. The van der Waals surface area contributed by atoms with Crippen LogP contribution < -0.4 is 15.4 Å². The summed E-state index contributed by atoms with van der Waals surface area (Å²) in [5.74, 6) is 0.00326. The molecular weight excluding hydrogens is 328 g/mol. The molecule has 0 spiro atoms. The summed E-state index contributed by atoms with van der Waals surface area (Å²) >= 11 is 0. The largest absolute Gasteiger partial charge is 0.492 e. The highest BCUT2D eigenvalue weighted by atomic mass is 19.2. The molecule has 0 aromatic heterocycles. The Bertz CT molecular complexity index is 551. The zero-order chi connectivity index (χ0) is 17.9. The predicted octanol–water partition coefficient (Wildman–Crippen LogP) is 2.72. The van der Waals surface area contributed by atoms with Crippen LogP contribution in [-0.4, -0.2) is 45.4 Å². The van der Waals surface area contributed by atoms with E-state index in [0.717, 1.165) is 44.2 Å². The van der Waals surface area contributed by atoms with Gasteiger partial charge in [0, 0.05) is 32.4 Å². The molecule has 2 rings (SSSR count). The molecule has 0 heterocycles. The van der Waals surface area contributed by atoms with Crippen LogP contribution in [0.3, 0.4) is 0 Å². The Balaban J connectivity index is 1.60. The van der Waals surface area contributed by atoms with Crippen LogP contribution in [0.5, 0.6) is 5.75 Å². The Morgan fingerprint density at radius 3 is 2.76 bits per heavy atom. The number of benzene rings is 1. The SMILES string of the molecule is CCNC(=NCCCOCC1CC1)NCCOc1ccc(F)c(F)c1. The molecule has 1 aromatic carbocycles. The molecule has 1 aliphatic rings. The van der Waals surface area contributed by atoms with Gasteiger partial charge in [-0.1, -0.05) is 0 Å². The van der Waals surface area contributed by atoms with Crippen molar-refractivity contribution in [1.29, 1.82) is 0 Å². The third kappa shape index (κ3) is 8.16. The first-order chi connectivity index (χ1) is 12.2. The minimum atomic E-state index is -0.913. The third-order valence-electron chi connectivity index (χ3n) is 3.67. The molecule has 1 aromatic rings. The van der Waals surface area contributed by atoms with Gasteiger partial charge in [-0.15, -0.1) is 0 Å². The van der Waals surface area contributed by atoms with Gasteiger partial charge in [-0.05, 0) is 44.2 Å². The molecule has 0 aliphatic heterocycles. The summed E-state index contributed by atoms with van der Waals surface area (Å²) in [5.41, 5.74) is 0. The van der Waals surface area contributed by atoms with Gasteiger partial charge in [0.2, 0.25) is 0 Å². The molecule has 0 amide bonds. The van der Waals surface area contributed by atoms with Gasteiger partial charge in [-0.2, -0.15) is 0 Å². The van der Waals surface area contributed by atoms with E-state index in [1.54, 1.807) is 0 Å². The maximum atomic E-state index is 13.1. The zero-order valence-electron chi connectivity index (χ0n) is 14.7. The van der Waals surface area contributed by atoms with Crippen molar-refractivity contribution < 1.29 is 18.3 Å². The average Bonchev–Trinajstić information content (AvgIpc) is 3.42. The van der Waals surface area contributed by atoms with Crippen molar-refractivity contribution in [2.45, 2.75) is 26.2 Å². The van der Waals surface area contributed by atoms with Crippen molar-refractivity contribution in [2.75, 3.05) is 39.5 Å². The van der Waals surface area contributed by atoms with Gasteiger partial charge in [0.25, 0.3) is 0 Å². The second-order valence-corrected chi connectivity index (χ2v) is 5.98. The van der Waals surface area contributed by atoms with Crippen molar-refractivity contribution in [3.05, 3.63) is 29.8 Å². The number of nitrogens with one attached hydrogen (secondary N) is 2. The molecule has 1 aliphatic carbocycles. The van der Waals surface area contributed by atoms with E-state index in [1.165, 1.54) is 18.9 Å². The van der Waals surface area contributed by atoms with Crippen LogP contribution in [0.25, 0.3) is 0 Å². The first-order valence-corrected chi connectivity index (χ1v) is 8.86. The zero-order valence-corrected chi connectivity index (χ0v) is 14.7. The quantitative estimate of drug-likeness (QED) is 0.364. The average molecular weight is 355 g/mol. The predicted molar refractivity (Wildman–Crippen MR) is 94.0 cm³/mol. The summed E-state index contributed by atoms with van der Waals surface area (Å²) in [5, 5.41) is 6.29. The summed E-state index contributed by atoms with van der Waals surface area (Å²) in [6.07, 6.45) is 3.49. The van der Waals surface area contributed by atoms with E-state index >= 15 is 0 Å². The van der Waals surface area contributed by atoms with Crippen molar-refractivity contribution in [1.82, 2.24) is 10.6 Å². The molecule has 0 atom stereocenters. The monoisotopic (exact) mass is 355 g/mol. The van der Waals surface area contributed by atoms with E-state index < -0.39 is 11.6 Å². The maximum Gasteiger partial charge on any atom is 0.191 e. The van der Waals surface area contributed by atoms with Crippen LogP contribution in [0.1, 0.15) is 26.2 Å². The highest BCUT2D eigenvalue weighted by Gasteiger charge is 2.20. The van der Waals surface area contributed by atoms with Crippen LogP contribution >= 0.6 is 0 Å².